The van der Waals surface area contributed by atoms with Crippen molar-refractivity contribution in [2.45, 2.75) is 88.8 Å². The van der Waals surface area contributed by atoms with Crippen LogP contribution in [-0.2, 0) is 20.3 Å². The van der Waals surface area contributed by atoms with Crippen LogP contribution in [0.4, 0.5) is 39.5 Å². The molecule has 1 saturated heterocycles. The van der Waals surface area contributed by atoms with Crippen molar-refractivity contribution in [1.82, 2.24) is 0 Å². The zero-order chi connectivity index (χ0) is 30.7. The Morgan fingerprint density at radius 2 is 1.36 bits per heavy atom. The highest BCUT2D eigenvalue weighted by Gasteiger charge is 2.48. The predicted molar refractivity (Wildman–Crippen MR) is 132 cm³/mol. The molecule has 0 spiro atoms. The quantitative estimate of drug-likeness (QED) is 0.144. The molecule has 13 heteroatoms. The summed E-state index contributed by atoms with van der Waals surface area (Å²) < 4.78 is 148. The molecule has 2 aliphatic rings. The van der Waals surface area contributed by atoms with Crippen molar-refractivity contribution in [3.05, 3.63) is 64.5 Å². The molecule has 0 aromatic heterocycles. The molecule has 0 radical (unpaired) electrons. The molecular formula is C29H31F9O4. The van der Waals surface area contributed by atoms with Crippen LogP contribution in [0.15, 0.2) is 24.3 Å². The minimum Gasteiger partial charge on any atom is -0.429 e. The molecule has 0 bridgehead atoms. The number of halogens is 9. The van der Waals surface area contributed by atoms with Gasteiger partial charge in [0.2, 0.25) is 0 Å². The summed E-state index contributed by atoms with van der Waals surface area (Å²) >= 11 is 0. The largest absolute Gasteiger partial charge is 0.432 e. The van der Waals surface area contributed by atoms with Crippen LogP contribution in [0.25, 0.3) is 0 Å². The van der Waals surface area contributed by atoms with Gasteiger partial charge in [0.15, 0.2) is 17.5 Å². The van der Waals surface area contributed by atoms with E-state index >= 15 is 0 Å². The summed E-state index contributed by atoms with van der Waals surface area (Å²) in [5.74, 6) is -10.7. The normalized spacial score (nSPS) is 23.7. The lowest BCUT2D eigenvalue weighted by Gasteiger charge is -2.36. The summed E-state index contributed by atoms with van der Waals surface area (Å²) in [6.07, 6.45) is -6.78. The van der Waals surface area contributed by atoms with Gasteiger partial charge in [0.25, 0.3) is 6.29 Å². The zero-order valence-corrected chi connectivity index (χ0v) is 22.7. The lowest BCUT2D eigenvalue weighted by atomic mass is 9.82. The monoisotopic (exact) mass is 614 g/mol. The van der Waals surface area contributed by atoms with Gasteiger partial charge in [-0.3, -0.25) is 0 Å². The smallest absolute Gasteiger partial charge is 0.429 e. The Labute approximate surface area is 237 Å². The fraction of sp³-hybridized carbons (Fsp3) is 0.586. The van der Waals surface area contributed by atoms with E-state index < -0.39 is 70.9 Å². The van der Waals surface area contributed by atoms with Crippen molar-refractivity contribution in [1.29, 1.82) is 0 Å². The van der Waals surface area contributed by atoms with Crippen LogP contribution >= 0.6 is 0 Å². The fourth-order valence-electron chi connectivity index (χ4n) is 5.28. The van der Waals surface area contributed by atoms with E-state index in [1.807, 2.05) is 0 Å². The summed E-state index contributed by atoms with van der Waals surface area (Å²) in [6, 6.07) is 1.56. The third-order valence-corrected chi connectivity index (χ3v) is 7.49. The van der Waals surface area contributed by atoms with Crippen LogP contribution in [0.1, 0.15) is 75.3 Å². The molecule has 1 aliphatic heterocycles. The minimum atomic E-state index is -4.71. The summed E-state index contributed by atoms with van der Waals surface area (Å²) in [4.78, 5) is 0. The molecule has 2 fully saturated rings. The van der Waals surface area contributed by atoms with Crippen LogP contribution in [0.2, 0.25) is 0 Å². The molecule has 2 aromatic carbocycles. The van der Waals surface area contributed by atoms with Gasteiger partial charge in [0.1, 0.15) is 22.9 Å². The number of unbranched alkanes of at least 4 members (excludes halogenated alkanes) is 2. The Morgan fingerprint density at radius 3 is 1.90 bits per heavy atom. The first-order valence-electron chi connectivity index (χ1n) is 13.8. The predicted octanol–water partition coefficient (Wildman–Crippen LogP) is 8.72. The maximum absolute atomic E-state index is 14.7. The average Bonchev–Trinajstić information content (AvgIpc) is 2.91. The highest BCUT2D eigenvalue weighted by atomic mass is 19.3. The third-order valence-electron chi connectivity index (χ3n) is 7.49. The second-order valence-electron chi connectivity index (χ2n) is 10.7. The summed E-state index contributed by atoms with van der Waals surface area (Å²) in [6.45, 7) is 2.33. The van der Waals surface area contributed by atoms with Gasteiger partial charge in [0, 0.05) is 18.1 Å². The van der Waals surface area contributed by atoms with E-state index in [4.69, 9.17) is 14.2 Å². The minimum absolute atomic E-state index is 0.0155. The topological polar surface area (TPSA) is 36.9 Å². The van der Waals surface area contributed by atoms with Gasteiger partial charge >= 0.3 is 12.2 Å². The van der Waals surface area contributed by atoms with E-state index in [9.17, 15) is 39.5 Å². The summed E-state index contributed by atoms with van der Waals surface area (Å²) in [5, 5.41) is 0. The average molecular weight is 615 g/mol. The maximum Gasteiger partial charge on any atom is 0.432 e. The fourth-order valence-corrected chi connectivity index (χ4v) is 5.28. The van der Waals surface area contributed by atoms with E-state index in [-0.39, 0.29) is 62.5 Å². The second kappa shape index (κ2) is 13.4. The first-order chi connectivity index (χ1) is 19.8. The number of ether oxygens (including phenoxy) is 4. The van der Waals surface area contributed by atoms with Crippen molar-refractivity contribution < 1.29 is 58.5 Å². The molecule has 4 rings (SSSR count). The molecule has 1 saturated carbocycles. The number of benzene rings is 2. The summed E-state index contributed by atoms with van der Waals surface area (Å²) in [5.41, 5.74) is -1.80. The molecule has 1 aliphatic carbocycles. The van der Waals surface area contributed by atoms with Crippen molar-refractivity contribution in [3.8, 4) is 5.75 Å². The van der Waals surface area contributed by atoms with Gasteiger partial charge in [-0.05, 0) is 55.7 Å². The van der Waals surface area contributed by atoms with Gasteiger partial charge in [-0.2, -0.15) is 17.6 Å². The Balaban J connectivity index is 1.33. The van der Waals surface area contributed by atoms with Crippen molar-refractivity contribution in [3.63, 3.8) is 0 Å². The van der Waals surface area contributed by atoms with Crippen LogP contribution in [0.5, 0.6) is 5.75 Å². The van der Waals surface area contributed by atoms with Crippen LogP contribution in [-0.4, -0.2) is 31.7 Å². The van der Waals surface area contributed by atoms with Gasteiger partial charge < -0.3 is 18.9 Å². The van der Waals surface area contributed by atoms with Gasteiger partial charge in [-0.25, -0.2) is 22.0 Å². The van der Waals surface area contributed by atoms with Gasteiger partial charge in [-0.1, -0.05) is 26.2 Å². The van der Waals surface area contributed by atoms with E-state index in [0.29, 0.717) is 12.1 Å². The van der Waals surface area contributed by atoms with Crippen molar-refractivity contribution in [2.24, 2.45) is 5.92 Å². The van der Waals surface area contributed by atoms with Gasteiger partial charge in [0.05, 0.1) is 19.3 Å². The molecular weight excluding hydrogens is 583 g/mol. The number of hydrogen-bond acceptors (Lipinski definition) is 4. The maximum atomic E-state index is 14.7. The molecule has 0 amide bonds. The highest BCUT2D eigenvalue weighted by molar-refractivity contribution is 5.33. The first kappa shape index (κ1) is 32.4. The van der Waals surface area contributed by atoms with E-state index in [1.54, 1.807) is 0 Å². The van der Waals surface area contributed by atoms with E-state index in [0.717, 1.165) is 25.7 Å². The lowest BCUT2D eigenvalue weighted by Crippen LogP contribution is -2.47. The number of alkyl halides is 4. The zero-order valence-electron chi connectivity index (χ0n) is 22.7. The Hall–Kier alpha value is -2.51. The van der Waals surface area contributed by atoms with Crippen LogP contribution in [0.3, 0.4) is 0 Å². The second-order valence-corrected chi connectivity index (χ2v) is 10.7. The van der Waals surface area contributed by atoms with E-state index in [1.165, 1.54) is 0 Å². The molecule has 2 aromatic rings. The lowest BCUT2D eigenvalue weighted by molar-refractivity contribution is -0.390. The Morgan fingerprint density at radius 1 is 0.786 bits per heavy atom. The SMILES string of the molecule is CCCCCC1COC(C(F)(F)OC2CCC(c3cc(F)c(C(F)(F)Oc4cc(F)c(F)c(F)c4)c(F)c3)CC2)OC1. The summed E-state index contributed by atoms with van der Waals surface area (Å²) in [7, 11) is 0. The molecule has 1 heterocycles. The van der Waals surface area contributed by atoms with Gasteiger partial charge in [-0.15, -0.1) is 0 Å². The van der Waals surface area contributed by atoms with Crippen molar-refractivity contribution >= 4 is 0 Å². The Kier molecular flexibility index (Phi) is 10.4. The third kappa shape index (κ3) is 7.71. The number of hydrogen-bond donors (Lipinski definition) is 0. The van der Waals surface area contributed by atoms with E-state index in [2.05, 4.69) is 11.7 Å². The highest BCUT2D eigenvalue weighted by Crippen LogP contribution is 2.41. The number of rotatable bonds is 11. The molecule has 4 nitrogen and oxygen atoms in total. The molecule has 0 atom stereocenters. The molecule has 0 N–H and O–H groups in total. The van der Waals surface area contributed by atoms with Crippen LogP contribution in [0, 0.1) is 35.0 Å². The molecule has 0 unspecified atom stereocenters. The standard InChI is InChI=1S/C29H31F9O4/c1-2-3-4-5-16-14-39-27(40-15-16)29(37,38)41-19-8-6-17(7-9-19)18-10-21(30)25(22(31)11-18)28(35,36)42-20-12-23(32)26(34)24(33)13-20/h10-13,16-17,19,27H,2-9,14-15H2,1H3. The van der Waals surface area contributed by atoms with Crippen molar-refractivity contribution in [2.75, 3.05) is 13.2 Å². The van der Waals surface area contributed by atoms with Crippen LogP contribution < -0.4 is 4.74 Å². The molecule has 42 heavy (non-hydrogen) atoms. The molecule has 234 valence electrons. The Bertz CT molecular complexity index is 1160. The first-order valence-corrected chi connectivity index (χ1v) is 13.8.